The van der Waals surface area contributed by atoms with Crippen molar-refractivity contribution in [2.45, 2.75) is 26.2 Å². The maximum Gasteiger partial charge on any atom is 0.262 e. The second-order valence-electron chi connectivity index (χ2n) is 6.89. The maximum atomic E-state index is 12.1. The number of ether oxygens (including phenoxy) is 1. The number of hydrogen-bond acceptors (Lipinski definition) is 3. The molecule has 2 N–H and O–H groups in total. The lowest BCUT2D eigenvalue weighted by atomic mass is 9.87. The highest BCUT2D eigenvalue weighted by atomic mass is 79.9. The lowest BCUT2D eigenvalue weighted by molar-refractivity contribution is -0.118. The average Bonchev–Trinajstić information content (AvgIpc) is 2.59. The monoisotopic (exact) mass is 418 g/mol. The molecule has 0 aliphatic rings. The first-order chi connectivity index (χ1) is 12.2. The third-order valence-corrected chi connectivity index (χ3v) is 4.41. The van der Waals surface area contributed by atoms with Gasteiger partial charge in [0.15, 0.2) is 6.61 Å². The summed E-state index contributed by atoms with van der Waals surface area (Å²) in [6.07, 6.45) is 0. The van der Waals surface area contributed by atoms with Gasteiger partial charge in [-0.3, -0.25) is 9.59 Å². The Morgan fingerprint density at radius 2 is 1.85 bits per heavy atom. The van der Waals surface area contributed by atoms with E-state index in [0.29, 0.717) is 17.0 Å². The SMILES string of the molecule is CNC(=O)c1cccc(NC(=O)COc2ccc(C(C)(C)C)cc2Br)c1. The van der Waals surface area contributed by atoms with Crippen molar-refractivity contribution in [1.82, 2.24) is 5.32 Å². The van der Waals surface area contributed by atoms with Crippen LogP contribution in [0.2, 0.25) is 0 Å². The van der Waals surface area contributed by atoms with E-state index >= 15 is 0 Å². The first-order valence-electron chi connectivity index (χ1n) is 8.25. The van der Waals surface area contributed by atoms with Gasteiger partial charge in [0, 0.05) is 18.3 Å². The summed E-state index contributed by atoms with van der Waals surface area (Å²) < 4.78 is 6.40. The Morgan fingerprint density at radius 1 is 1.12 bits per heavy atom. The molecule has 26 heavy (non-hydrogen) atoms. The molecule has 0 atom stereocenters. The molecule has 6 heteroatoms. The zero-order valence-corrected chi connectivity index (χ0v) is 16.9. The van der Waals surface area contributed by atoms with E-state index in [1.807, 2.05) is 18.2 Å². The number of carbonyl (C=O) groups is 2. The predicted molar refractivity (Wildman–Crippen MR) is 107 cm³/mol. The van der Waals surface area contributed by atoms with E-state index in [1.165, 1.54) is 5.56 Å². The number of amides is 2. The van der Waals surface area contributed by atoms with Crippen molar-refractivity contribution in [3.8, 4) is 5.75 Å². The Kier molecular flexibility index (Phi) is 6.42. The highest BCUT2D eigenvalue weighted by Gasteiger charge is 2.16. The lowest BCUT2D eigenvalue weighted by Gasteiger charge is -2.20. The third-order valence-electron chi connectivity index (χ3n) is 3.79. The molecular formula is C20H23BrN2O3. The minimum absolute atomic E-state index is 0.0359. The van der Waals surface area contributed by atoms with E-state index < -0.39 is 0 Å². The molecule has 138 valence electrons. The van der Waals surface area contributed by atoms with Crippen LogP contribution in [0, 0.1) is 0 Å². The van der Waals surface area contributed by atoms with Crippen molar-refractivity contribution in [2.75, 3.05) is 19.0 Å². The quantitative estimate of drug-likeness (QED) is 0.766. The molecule has 2 rings (SSSR count). The van der Waals surface area contributed by atoms with Crippen LogP contribution in [0.3, 0.4) is 0 Å². The van der Waals surface area contributed by atoms with Crippen LogP contribution in [0.25, 0.3) is 0 Å². The van der Waals surface area contributed by atoms with Gasteiger partial charge in [0.05, 0.1) is 4.47 Å². The fraction of sp³-hybridized carbons (Fsp3) is 0.300. The molecule has 0 heterocycles. The van der Waals surface area contributed by atoms with Gasteiger partial charge < -0.3 is 15.4 Å². The summed E-state index contributed by atoms with van der Waals surface area (Å²) in [6.45, 7) is 6.28. The minimum atomic E-state index is -0.300. The van der Waals surface area contributed by atoms with Gasteiger partial charge in [-0.25, -0.2) is 0 Å². The smallest absolute Gasteiger partial charge is 0.262 e. The van der Waals surface area contributed by atoms with Crippen molar-refractivity contribution in [2.24, 2.45) is 0 Å². The maximum absolute atomic E-state index is 12.1. The van der Waals surface area contributed by atoms with Gasteiger partial charge in [-0.05, 0) is 57.2 Å². The second-order valence-corrected chi connectivity index (χ2v) is 7.75. The van der Waals surface area contributed by atoms with Gasteiger partial charge in [-0.15, -0.1) is 0 Å². The molecule has 0 fully saturated rings. The number of nitrogens with one attached hydrogen (secondary N) is 2. The van der Waals surface area contributed by atoms with Crippen molar-refractivity contribution in [1.29, 1.82) is 0 Å². The number of anilines is 1. The van der Waals surface area contributed by atoms with Gasteiger partial charge in [-0.1, -0.05) is 32.9 Å². The van der Waals surface area contributed by atoms with Crippen LogP contribution in [0.4, 0.5) is 5.69 Å². The first-order valence-corrected chi connectivity index (χ1v) is 9.05. The molecule has 0 saturated heterocycles. The molecule has 0 aliphatic heterocycles. The van der Waals surface area contributed by atoms with Gasteiger partial charge in [0.1, 0.15) is 5.75 Å². The molecular weight excluding hydrogens is 396 g/mol. The van der Waals surface area contributed by atoms with E-state index in [1.54, 1.807) is 31.3 Å². The largest absolute Gasteiger partial charge is 0.483 e. The summed E-state index contributed by atoms with van der Waals surface area (Å²) in [4.78, 5) is 23.8. The molecule has 0 unspecified atom stereocenters. The van der Waals surface area contributed by atoms with Crippen LogP contribution >= 0.6 is 15.9 Å². The number of carbonyl (C=O) groups excluding carboxylic acids is 2. The van der Waals surface area contributed by atoms with Crippen LogP contribution in [0.5, 0.6) is 5.75 Å². The van der Waals surface area contributed by atoms with Crippen molar-refractivity contribution < 1.29 is 14.3 Å². The highest BCUT2D eigenvalue weighted by Crippen LogP contribution is 2.31. The lowest BCUT2D eigenvalue weighted by Crippen LogP contribution is -2.21. The second kappa shape index (κ2) is 8.36. The van der Waals surface area contributed by atoms with Crippen LogP contribution in [-0.2, 0) is 10.2 Å². The fourth-order valence-electron chi connectivity index (χ4n) is 2.31. The summed E-state index contributed by atoms with van der Waals surface area (Å²) in [5.41, 5.74) is 2.23. The molecule has 0 radical (unpaired) electrons. The number of hydrogen-bond donors (Lipinski definition) is 2. The highest BCUT2D eigenvalue weighted by molar-refractivity contribution is 9.10. The molecule has 0 spiro atoms. The van der Waals surface area contributed by atoms with Crippen LogP contribution in [0.1, 0.15) is 36.7 Å². The molecule has 0 aromatic heterocycles. The zero-order valence-electron chi connectivity index (χ0n) is 15.4. The van der Waals surface area contributed by atoms with Gasteiger partial charge in [0.2, 0.25) is 0 Å². The van der Waals surface area contributed by atoms with Crippen molar-refractivity contribution >= 4 is 33.4 Å². The van der Waals surface area contributed by atoms with Crippen LogP contribution in [0.15, 0.2) is 46.9 Å². The summed E-state index contributed by atoms with van der Waals surface area (Å²) >= 11 is 3.49. The Bertz CT molecular complexity index is 813. The molecule has 0 saturated carbocycles. The average molecular weight is 419 g/mol. The number of rotatable bonds is 5. The molecule has 2 aromatic rings. The third kappa shape index (κ3) is 5.33. The number of halogens is 1. The molecule has 2 aromatic carbocycles. The van der Waals surface area contributed by atoms with E-state index in [2.05, 4.69) is 47.3 Å². The van der Waals surface area contributed by atoms with Crippen molar-refractivity contribution in [3.63, 3.8) is 0 Å². The van der Waals surface area contributed by atoms with E-state index in [-0.39, 0.29) is 23.8 Å². The van der Waals surface area contributed by atoms with E-state index in [9.17, 15) is 9.59 Å². The van der Waals surface area contributed by atoms with Crippen molar-refractivity contribution in [3.05, 3.63) is 58.1 Å². The molecule has 0 bridgehead atoms. The summed E-state index contributed by atoms with van der Waals surface area (Å²) in [5, 5.41) is 5.28. The zero-order chi connectivity index (χ0) is 19.3. The topological polar surface area (TPSA) is 67.4 Å². The fourth-order valence-corrected chi connectivity index (χ4v) is 2.80. The van der Waals surface area contributed by atoms with Gasteiger partial charge in [-0.2, -0.15) is 0 Å². The summed E-state index contributed by atoms with van der Waals surface area (Å²) in [5.74, 6) is 0.0957. The Hall–Kier alpha value is -2.34. The van der Waals surface area contributed by atoms with E-state index in [4.69, 9.17) is 4.74 Å². The molecule has 5 nitrogen and oxygen atoms in total. The molecule has 2 amide bonds. The normalized spacial score (nSPS) is 11.0. The summed E-state index contributed by atoms with van der Waals surface area (Å²) in [7, 11) is 1.56. The predicted octanol–water partition coefficient (Wildman–Crippen LogP) is 4.12. The Labute approximate surface area is 162 Å². The van der Waals surface area contributed by atoms with E-state index in [0.717, 1.165) is 4.47 Å². The molecule has 0 aliphatic carbocycles. The van der Waals surface area contributed by atoms with Crippen LogP contribution < -0.4 is 15.4 Å². The minimum Gasteiger partial charge on any atom is -0.483 e. The summed E-state index contributed by atoms with van der Waals surface area (Å²) in [6, 6.07) is 12.6. The first kappa shape index (κ1) is 20.0. The standard InChI is InChI=1S/C20H23BrN2O3/c1-20(2,3)14-8-9-17(16(21)11-14)26-12-18(24)23-15-7-5-6-13(10-15)19(25)22-4/h5-11H,12H2,1-4H3,(H,22,25)(H,23,24). The van der Waals surface area contributed by atoms with Gasteiger partial charge in [0.25, 0.3) is 11.8 Å². The van der Waals surface area contributed by atoms with Gasteiger partial charge >= 0.3 is 0 Å². The Morgan fingerprint density at radius 3 is 2.46 bits per heavy atom. The number of benzene rings is 2. The Balaban J connectivity index is 1.98. The van der Waals surface area contributed by atoms with Crippen LogP contribution in [-0.4, -0.2) is 25.5 Å².